The molecule has 8 rings (SSSR count). The van der Waals surface area contributed by atoms with E-state index in [1.807, 2.05) is 6.08 Å². The van der Waals surface area contributed by atoms with Crippen LogP contribution in [0.3, 0.4) is 0 Å². The Morgan fingerprint density at radius 2 is 1.60 bits per heavy atom. The highest BCUT2D eigenvalue weighted by Crippen LogP contribution is 2.65. The van der Waals surface area contributed by atoms with Crippen molar-refractivity contribution in [2.75, 3.05) is 17.4 Å². The number of imide groups is 2. The van der Waals surface area contributed by atoms with E-state index in [1.54, 1.807) is 78.9 Å². The van der Waals surface area contributed by atoms with E-state index in [4.69, 9.17) is 27.9 Å². The number of aromatic hydroxyl groups is 1. The van der Waals surface area contributed by atoms with Crippen molar-refractivity contribution >= 4 is 64.0 Å². The number of amides is 4. The molecule has 0 spiro atoms. The van der Waals surface area contributed by atoms with Crippen LogP contribution in [-0.2, 0) is 24.6 Å². The second-order valence-electron chi connectivity index (χ2n) is 13.9. The van der Waals surface area contributed by atoms with Gasteiger partial charge in [0.15, 0.2) is 5.78 Å². The first-order valence-electron chi connectivity index (χ1n) is 17.2. The summed E-state index contributed by atoms with van der Waals surface area (Å²) in [6.45, 7) is 1.44. The highest BCUT2D eigenvalue weighted by Gasteiger charge is 2.70. The number of ether oxygens (including phenoxy) is 1. The number of fused-ring (bicyclic) bond motifs is 4. The van der Waals surface area contributed by atoms with Gasteiger partial charge in [-0.2, -0.15) is 5.01 Å². The standard InChI is InChI=1S/C41H33Cl2N3O7/c1-21(47)22-7-12-25(13-8-22)45-37(49)29-17-16-27-30(35(29)39(45)51)20-31-38(50)46(44-33-18-11-24(42)19-32(33)43)40(52)41(31,23-9-14-26(53-2)15-10-23)36(27)28-5-3-4-6-34(28)48/h3-16,18-19,29-31,35-36,44,48H,17,20H2,1-2H3/t29-,30+,31-,35-,36+,41+/m0/s1. The molecule has 0 aromatic heterocycles. The highest BCUT2D eigenvalue weighted by molar-refractivity contribution is 6.36. The molecule has 4 aliphatic rings. The van der Waals surface area contributed by atoms with Crippen LogP contribution < -0.4 is 15.1 Å². The molecule has 0 radical (unpaired) electrons. The van der Waals surface area contributed by atoms with Crippen molar-refractivity contribution in [1.82, 2.24) is 5.01 Å². The summed E-state index contributed by atoms with van der Waals surface area (Å²) in [6.07, 6.45) is 2.19. The monoisotopic (exact) mass is 749 g/mol. The van der Waals surface area contributed by atoms with Crippen LogP contribution in [0.15, 0.2) is 103 Å². The van der Waals surface area contributed by atoms with E-state index in [9.17, 15) is 24.3 Å². The fourth-order valence-corrected chi connectivity index (χ4v) is 9.47. The minimum absolute atomic E-state index is 0.0658. The Kier molecular flexibility index (Phi) is 8.42. The maximum Gasteiger partial charge on any atom is 0.260 e. The summed E-state index contributed by atoms with van der Waals surface area (Å²) in [5.74, 6) is -5.74. The number of phenols is 1. The first-order valence-corrected chi connectivity index (χ1v) is 17.9. The number of phenolic OH excluding ortho intramolecular Hbond substituents is 1. The van der Waals surface area contributed by atoms with Gasteiger partial charge >= 0.3 is 0 Å². The lowest BCUT2D eigenvalue weighted by atomic mass is 9.49. The molecule has 0 unspecified atom stereocenters. The van der Waals surface area contributed by atoms with Crippen LogP contribution >= 0.6 is 23.2 Å². The van der Waals surface area contributed by atoms with E-state index in [2.05, 4.69) is 5.43 Å². The lowest BCUT2D eigenvalue weighted by molar-refractivity contribution is -0.138. The predicted octanol–water partition coefficient (Wildman–Crippen LogP) is 7.10. The number of hydrazine groups is 1. The van der Waals surface area contributed by atoms with E-state index < -0.39 is 52.7 Å². The molecule has 2 aliphatic heterocycles. The number of benzene rings is 4. The molecular formula is C41H33Cl2N3O7. The number of hydrogen-bond donors (Lipinski definition) is 2. The molecule has 2 saturated heterocycles. The van der Waals surface area contributed by atoms with Gasteiger partial charge in [0.05, 0.1) is 46.7 Å². The van der Waals surface area contributed by atoms with Gasteiger partial charge in [0, 0.05) is 22.1 Å². The lowest BCUT2D eigenvalue weighted by Gasteiger charge is -2.50. The predicted molar refractivity (Wildman–Crippen MR) is 198 cm³/mol. The summed E-state index contributed by atoms with van der Waals surface area (Å²) < 4.78 is 5.44. The van der Waals surface area contributed by atoms with Gasteiger partial charge in [0.1, 0.15) is 11.5 Å². The zero-order chi connectivity index (χ0) is 37.3. The molecule has 12 heteroatoms. The van der Waals surface area contributed by atoms with Gasteiger partial charge in [0.25, 0.3) is 11.8 Å². The summed E-state index contributed by atoms with van der Waals surface area (Å²) in [4.78, 5) is 71.9. The van der Waals surface area contributed by atoms with Crippen LogP contribution in [-0.4, -0.2) is 46.6 Å². The normalized spacial score (nSPS) is 26.2. The summed E-state index contributed by atoms with van der Waals surface area (Å²) in [5.41, 5.74) is 4.06. The van der Waals surface area contributed by atoms with Crippen LogP contribution in [0.1, 0.15) is 47.2 Å². The number of methoxy groups -OCH3 is 1. The van der Waals surface area contributed by atoms with Crippen molar-refractivity contribution in [3.8, 4) is 11.5 Å². The van der Waals surface area contributed by atoms with Gasteiger partial charge in [0.2, 0.25) is 11.8 Å². The number of rotatable bonds is 7. The van der Waals surface area contributed by atoms with E-state index in [0.717, 1.165) is 5.01 Å². The molecule has 0 bridgehead atoms. The number of carbonyl (C=O) groups excluding carboxylic acids is 5. The van der Waals surface area contributed by atoms with E-state index in [0.29, 0.717) is 38.7 Å². The summed E-state index contributed by atoms with van der Waals surface area (Å²) >= 11 is 12.7. The number of nitrogens with zero attached hydrogens (tertiary/aromatic N) is 2. The van der Waals surface area contributed by atoms with E-state index in [1.165, 1.54) is 31.1 Å². The number of hydrogen-bond acceptors (Lipinski definition) is 8. The van der Waals surface area contributed by atoms with Gasteiger partial charge in [-0.15, -0.1) is 0 Å². The third-order valence-electron chi connectivity index (χ3n) is 11.4. The Morgan fingerprint density at radius 3 is 2.26 bits per heavy atom. The largest absolute Gasteiger partial charge is 0.508 e. The number of carbonyl (C=O) groups is 5. The maximum absolute atomic E-state index is 15.3. The van der Waals surface area contributed by atoms with Gasteiger partial charge in [-0.3, -0.25) is 34.3 Å². The Balaban J connectivity index is 1.30. The smallest absolute Gasteiger partial charge is 0.260 e. The Hall–Kier alpha value is -5.45. The van der Waals surface area contributed by atoms with Crippen LogP contribution in [0.4, 0.5) is 11.4 Å². The Labute approximate surface area is 314 Å². The van der Waals surface area contributed by atoms with Crippen molar-refractivity contribution in [1.29, 1.82) is 0 Å². The number of nitrogens with one attached hydrogen (secondary N) is 1. The number of anilines is 2. The van der Waals surface area contributed by atoms with Crippen LogP contribution in [0.2, 0.25) is 10.0 Å². The minimum Gasteiger partial charge on any atom is -0.508 e. The molecule has 4 amide bonds. The van der Waals surface area contributed by atoms with Crippen molar-refractivity contribution < 1.29 is 33.8 Å². The molecule has 53 heavy (non-hydrogen) atoms. The molecule has 4 aromatic rings. The van der Waals surface area contributed by atoms with Crippen molar-refractivity contribution in [3.05, 3.63) is 129 Å². The molecule has 1 saturated carbocycles. The van der Waals surface area contributed by atoms with Gasteiger partial charge in [-0.05, 0) is 91.9 Å². The molecule has 2 N–H and O–H groups in total. The molecule has 2 aliphatic carbocycles. The number of para-hydroxylation sites is 1. The average Bonchev–Trinajstić information content (AvgIpc) is 3.53. The highest BCUT2D eigenvalue weighted by atomic mass is 35.5. The summed E-state index contributed by atoms with van der Waals surface area (Å²) in [6, 6.07) is 24.6. The molecule has 2 heterocycles. The average molecular weight is 751 g/mol. The first-order chi connectivity index (χ1) is 25.5. The van der Waals surface area contributed by atoms with Crippen LogP contribution in [0.25, 0.3) is 0 Å². The molecule has 3 fully saturated rings. The number of ketones is 1. The fraction of sp³-hybridized carbons (Fsp3) is 0.244. The zero-order valence-corrected chi connectivity index (χ0v) is 30.1. The van der Waals surface area contributed by atoms with Crippen molar-refractivity contribution in [2.24, 2.45) is 23.7 Å². The topological polar surface area (TPSA) is 133 Å². The number of halogens is 2. The third-order valence-corrected chi connectivity index (χ3v) is 11.9. The molecule has 10 nitrogen and oxygen atoms in total. The minimum atomic E-state index is -1.60. The maximum atomic E-state index is 15.3. The summed E-state index contributed by atoms with van der Waals surface area (Å²) in [5, 5.41) is 13.1. The second-order valence-corrected chi connectivity index (χ2v) is 14.7. The number of allylic oxidation sites excluding steroid dienone is 2. The molecule has 4 aromatic carbocycles. The first kappa shape index (κ1) is 34.6. The van der Waals surface area contributed by atoms with Crippen LogP contribution in [0, 0.1) is 23.7 Å². The second kappa shape index (κ2) is 12.9. The Morgan fingerprint density at radius 1 is 0.887 bits per heavy atom. The Bertz CT molecular complexity index is 2260. The van der Waals surface area contributed by atoms with Crippen LogP contribution in [0.5, 0.6) is 11.5 Å². The third kappa shape index (κ3) is 5.18. The fourth-order valence-electron chi connectivity index (χ4n) is 9.02. The zero-order valence-electron chi connectivity index (χ0n) is 28.6. The van der Waals surface area contributed by atoms with Gasteiger partial charge < -0.3 is 9.84 Å². The lowest BCUT2D eigenvalue weighted by Crippen LogP contribution is -2.53. The number of Topliss-reactive ketones (excluding diaryl/α,β-unsaturated/α-hetero) is 1. The molecule has 268 valence electrons. The summed E-state index contributed by atoms with van der Waals surface area (Å²) in [7, 11) is 1.53. The van der Waals surface area contributed by atoms with Gasteiger partial charge in [-0.1, -0.05) is 65.2 Å². The SMILES string of the molecule is COc1ccc([C@@]23C(=O)N(Nc4ccc(Cl)cc4Cl)C(=O)[C@@H]2C[C@@H]2C(=CC[C@@H]4C(=O)N(c5ccc(C(C)=O)cc5)C(=O)[C@@H]42)[C@@H]3c2ccccc2O)cc1. The quantitative estimate of drug-likeness (QED) is 0.116. The van der Waals surface area contributed by atoms with Gasteiger partial charge in [-0.25, -0.2) is 0 Å². The molecular weight excluding hydrogens is 717 g/mol. The van der Waals surface area contributed by atoms with E-state index >= 15 is 4.79 Å². The van der Waals surface area contributed by atoms with Crippen molar-refractivity contribution in [3.63, 3.8) is 0 Å². The van der Waals surface area contributed by atoms with Crippen molar-refractivity contribution in [2.45, 2.75) is 31.1 Å². The van der Waals surface area contributed by atoms with E-state index in [-0.39, 0.29) is 41.0 Å². The molecule has 6 atom stereocenters.